The standard InChI is InChI=1S/C55H96O6/c1-4-7-10-13-16-18-20-22-24-26-27-28-29-30-32-33-35-37-39-42-45-48-54(57)60-51-52(50-59-53(56)47-44-41-15-12-9-6-3)61-55(58)49-46-43-40-38-36-34-31-25-23-21-19-17-14-11-8-5-2/h19-22,25-27,29-31,52H,4-18,23-24,28,32-51H2,1-3H3/b21-19-,22-20-,27-26-,30-29-,31-25-. The molecule has 61 heavy (non-hydrogen) atoms. The first-order valence-corrected chi connectivity index (χ1v) is 25.8. The number of hydrogen-bond donors (Lipinski definition) is 0. The molecule has 0 fully saturated rings. The van der Waals surface area contributed by atoms with Gasteiger partial charge < -0.3 is 14.2 Å². The van der Waals surface area contributed by atoms with Crippen molar-refractivity contribution < 1.29 is 28.6 Å². The van der Waals surface area contributed by atoms with Crippen LogP contribution in [0.15, 0.2) is 60.8 Å². The Kier molecular flexibility index (Phi) is 47.4. The normalized spacial score (nSPS) is 12.5. The van der Waals surface area contributed by atoms with Gasteiger partial charge in [0, 0.05) is 19.3 Å². The zero-order chi connectivity index (χ0) is 44.4. The van der Waals surface area contributed by atoms with Crippen LogP contribution in [0.3, 0.4) is 0 Å². The molecule has 0 aliphatic heterocycles. The van der Waals surface area contributed by atoms with Gasteiger partial charge in [-0.1, -0.05) is 204 Å². The maximum Gasteiger partial charge on any atom is 0.306 e. The Balaban J connectivity index is 4.25. The highest BCUT2D eigenvalue weighted by Crippen LogP contribution is 2.13. The summed E-state index contributed by atoms with van der Waals surface area (Å²) in [5.74, 6) is -0.919. The van der Waals surface area contributed by atoms with Crippen molar-refractivity contribution >= 4 is 17.9 Å². The van der Waals surface area contributed by atoms with Gasteiger partial charge in [-0.15, -0.1) is 0 Å². The predicted molar refractivity (Wildman–Crippen MR) is 261 cm³/mol. The molecule has 0 saturated carbocycles. The van der Waals surface area contributed by atoms with Crippen molar-refractivity contribution in [1.29, 1.82) is 0 Å². The number of carbonyl (C=O) groups excluding carboxylic acids is 3. The smallest absolute Gasteiger partial charge is 0.306 e. The lowest BCUT2D eigenvalue weighted by Crippen LogP contribution is -2.30. The van der Waals surface area contributed by atoms with E-state index in [9.17, 15) is 14.4 Å². The van der Waals surface area contributed by atoms with Crippen LogP contribution in [-0.4, -0.2) is 37.2 Å². The van der Waals surface area contributed by atoms with E-state index >= 15 is 0 Å². The molecule has 6 nitrogen and oxygen atoms in total. The van der Waals surface area contributed by atoms with E-state index in [4.69, 9.17) is 14.2 Å². The molecule has 1 unspecified atom stereocenters. The molecule has 1 atom stereocenters. The minimum atomic E-state index is -0.783. The van der Waals surface area contributed by atoms with Crippen LogP contribution < -0.4 is 0 Å². The van der Waals surface area contributed by atoms with Gasteiger partial charge in [0.1, 0.15) is 13.2 Å². The zero-order valence-corrected chi connectivity index (χ0v) is 40.2. The van der Waals surface area contributed by atoms with Crippen LogP contribution in [0.5, 0.6) is 0 Å². The zero-order valence-electron chi connectivity index (χ0n) is 40.2. The average molecular weight is 853 g/mol. The molecular formula is C55H96O6. The van der Waals surface area contributed by atoms with Crippen molar-refractivity contribution in [3.05, 3.63) is 60.8 Å². The Hall–Kier alpha value is -2.89. The second-order valence-electron chi connectivity index (χ2n) is 17.1. The van der Waals surface area contributed by atoms with E-state index in [1.165, 1.54) is 109 Å². The molecule has 0 saturated heterocycles. The highest BCUT2D eigenvalue weighted by molar-refractivity contribution is 5.71. The van der Waals surface area contributed by atoms with Crippen LogP contribution in [0.1, 0.15) is 252 Å². The molecule has 0 aromatic carbocycles. The molecule has 352 valence electrons. The van der Waals surface area contributed by atoms with E-state index in [1.54, 1.807) is 0 Å². The van der Waals surface area contributed by atoms with E-state index in [0.717, 1.165) is 103 Å². The SMILES string of the molecule is CCCCCC/C=C\C/C=C\CCCCCCCC(=O)OC(COC(=O)CCCCCCCC)COC(=O)CCCCCCCC/C=C\C/C=C\C/C=C\CCCCCCC. The van der Waals surface area contributed by atoms with Gasteiger partial charge in [0.25, 0.3) is 0 Å². The molecule has 0 rings (SSSR count). The lowest BCUT2D eigenvalue weighted by atomic mass is 10.1. The van der Waals surface area contributed by atoms with Gasteiger partial charge in [-0.25, -0.2) is 0 Å². The quantitative estimate of drug-likeness (QED) is 0.0263. The van der Waals surface area contributed by atoms with Crippen molar-refractivity contribution in [1.82, 2.24) is 0 Å². The Morgan fingerprint density at radius 1 is 0.328 bits per heavy atom. The second kappa shape index (κ2) is 49.8. The summed E-state index contributed by atoms with van der Waals surface area (Å²) in [4.78, 5) is 37.7. The molecule has 0 aliphatic rings. The Morgan fingerprint density at radius 3 is 0.934 bits per heavy atom. The lowest BCUT2D eigenvalue weighted by molar-refractivity contribution is -0.167. The van der Waals surface area contributed by atoms with Crippen LogP contribution in [0, 0.1) is 0 Å². The first-order valence-electron chi connectivity index (χ1n) is 25.8. The van der Waals surface area contributed by atoms with Crippen LogP contribution >= 0.6 is 0 Å². The summed E-state index contributed by atoms with van der Waals surface area (Å²) in [6, 6.07) is 0. The topological polar surface area (TPSA) is 78.9 Å². The monoisotopic (exact) mass is 853 g/mol. The molecule has 0 heterocycles. The third-order valence-electron chi connectivity index (χ3n) is 11.0. The van der Waals surface area contributed by atoms with Crippen molar-refractivity contribution in [2.75, 3.05) is 13.2 Å². The first-order chi connectivity index (χ1) is 30.0. The predicted octanol–water partition coefficient (Wildman–Crippen LogP) is 16.9. The lowest BCUT2D eigenvalue weighted by Gasteiger charge is -2.18. The summed E-state index contributed by atoms with van der Waals surface area (Å²) in [5.41, 5.74) is 0. The van der Waals surface area contributed by atoms with E-state index in [0.29, 0.717) is 19.3 Å². The van der Waals surface area contributed by atoms with Gasteiger partial charge in [0.15, 0.2) is 6.10 Å². The van der Waals surface area contributed by atoms with E-state index < -0.39 is 6.10 Å². The summed E-state index contributed by atoms with van der Waals surface area (Å²) >= 11 is 0. The summed E-state index contributed by atoms with van der Waals surface area (Å²) < 4.78 is 16.7. The van der Waals surface area contributed by atoms with Crippen LogP contribution in [-0.2, 0) is 28.6 Å². The number of unbranched alkanes of at least 4 members (excludes halogenated alkanes) is 25. The molecule has 0 N–H and O–H groups in total. The number of rotatable bonds is 46. The summed E-state index contributed by atoms with van der Waals surface area (Å²) in [5, 5.41) is 0. The summed E-state index contributed by atoms with van der Waals surface area (Å²) in [6.45, 7) is 6.53. The van der Waals surface area contributed by atoms with Crippen LogP contribution in [0.2, 0.25) is 0 Å². The third kappa shape index (κ3) is 48.0. The Morgan fingerprint density at radius 2 is 0.590 bits per heavy atom. The van der Waals surface area contributed by atoms with Gasteiger partial charge in [0.2, 0.25) is 0 Å². The maximum atomic E-state index is 12.7. The summed E-state index contributed by atoms with van der Waals surface area (Å²) in [6.07, 6.45) is 60.8. The Bertz CT molecular complexity index is 1120. The van der Waals surface area contributed by atoms with Crippen LogP contribution in [0.4, 0.5) is 0 Å². The summed E-state index contributed by atoms with van der Waals surface area (Å²) in [7, 11) is 0. The van der Waals surface area contributed by atoms with Crippen molar-refractivity contribution in [2.45, 2.75) is 258 Å². The fourth-order valence-corrected chi connectivity index (χ4v) is 7.07. The van der Waals surface area contributed by atoms with Crippen molar-refractivity contribution in [3.63, 3.8) is 0 Å². The Labute approximate surface area is 377 Å². The molecule has 0 amide bonds. The highest BCUT2D eigenvalue weighted by atomic mass is 16.6. The van der Waals surface area contributed by atoms with Gasteiger partial charge in [-0.05, 0) is 89.9 Å². The number of esters is 3. The molecule has 0 aromatic heterocycles. The first kappa shape index (κ1) is 58.1. The van der Waals surface area contributed by atoms with Gasteiger partial charge >= 0.3 is 17.9 Å². The van der Waals surface area contributed by atoms with Gasteiger partial charge in [0.05, 0.1) is 0 Å². The van der Waals surface area contributed by atoms with Crippen LogP contribution in [0.25, 0.3) is 0 Å². The second-order valence-corrected chi connectivity index (χ2v) is 17.1. The number of allylic oxidation sites excluding steroid dienone is 10. The molecular weight excluding hydrogens is 757 g/mol. The van der Waals surface area contributed by atoms with E-state index in [1.807, 2.05) is 0 Å². The van der Waals surface area contributed by atoms with Crippen molar-refractivity contribution in [2.24, 2.45) is 0 Å². The molecule has 0 bridgehead atoms. The fraction of sp³-hybridized carbons (Fsp3) is 0.764. The number of carbonyl (C=O) groups is 3. The van der Waals surface area contributed by atoms with Gasteiger partial charge in [-0.2, -0.15) is 0 Å². The molecule has 0 aliphatic carbocycles. The maximum absolute atomic E-state index is 12.7. The number of hydrogen-bond acceptors (Lipinski definition) is 6. The molecule has 0 spiro atoms. The van der Waals surface area contributed by atoms with E-state index in [2.05, 4.69) is 81.5 Å². The third-order valence-corrected chi connectivity index (χ3v) is 11.0. The highest BCUT2D eigenvalue weighted by Gasteiger charge is 2.19. The fourth-order valence-electron chi connectivity index (χ4n) is 7.07. The molecule has 6 heteroatoms. The minimum Gasteiger partial charge on any atom is -0.462 e. The molecule has 0 radical (unpaired) electrons. The van der Waals surface area contributed by atoms with Gasteiger partial charge in [-0.3, -0.25) is 14.4 Å². The largest absolute Gasteiger partial charge is 0.462 e. The minimum absolute atomic E-state index is 0.0845. The number of ether oxygens (including phenoxy) is 3. The average Bonchev–Trinajstić information content (AvgIpc) is 3.26. The van der Waals surface area contributed by atoms with E-state index in [-0.39, 0.29) is 31.1 Å². The van der Waals surface area contributed by atoms with Crippen molar-refractivity contribution in [3.8, 4) is 0 Å². The molecule has 0 aromatic rings.